The Kier molecular flexibility index (Phi) is 4.36. The van der Waals surface area contributed by atoms with Gasteiger partial charge >= 0.3 is 0 Å². The molecule has 0 atom stereocenters. The van der Waals surface area contributed by atoms with Crippen molar-refractivity contribution in [2.75, 3.05) is 27.2 Å². The molecule has 94 valence electrons. The van der Waals surface area contributed by atoms with Crippen LogP contribution in [0.3, 0.4) is 0 Å². The van der Waals surface area contributed by atoms with Crippen molar-refractivity contribution < 1.29 is 4.79 Å². The van der Waals surface area contributed by atoms with Crippen LogP contribution >= 0.6 is 0 Å². The van der Waals surface area contributed by atoms with E-state index in [1.165, 1.54) is 0 Å². The third kappa shape index (κ3) is 3.48. The number of hydrogen-bond donors (Lipinski definition) is 0. The number of amides is 1. The molecule has 1 heterocycles. The Morgan fingerprint density at radius 3 is 2.31 bits per heavy atom. The van der Waals surface area contributed by atoms with Crippen LogP contribution in [0.1, 0.15) is 40.0 Å². The molecular formula is C13H26N2O. The van der Waals surface area contributed by atoms with Gasteiger partial charge in [-0.1, -0.05) is 6.92 Å². The zero-order valence-electron chi connectivity index (χ0n) is 11.4. The topological polar surface area (TPSA) is 23.6 Å². The van der Waals surface area contributed by atoms with Crippen molar-refractivity contribution in [2.24, 2.45) is 5.41 Å². The molecule has 0 saturated carbocycles. The van der Waals surface area contributed by atoms with Crippen LogP contribution in [0.5, 0.6) is 0 Å². The van der Waals surface area contributed by atoms with Gasteiger partial charge in [0, 0.05) is 19.5 Å². The molecule has 0 aliphatic carbocycles. The normalized spacial score (nSPS) is 21.1. The zero-order valence-corrected chi connectivity index (χ0v) is 11.4. The molecule has 1 fully saturated rings. The first-order valence-corrected chi connectivity index (χ1v) is 6.28. The quantitative estimate of drug-likeness (QED) is 0.734. The summed E-state index contributed by atoms with van der Waals surface area (Å²) < 4.78 is 0. The highest BCUT2D eigenvalue weighted by Crippen LogP contribution is 2.34. The highest BCUT2D eigenvalue weighted by Gasteiger charge is 2.32. The molecule has 1 amide bonds. The van der Waals surface area contributed by atoms with E-state index in [2.05, 4.69) is 32.7 Å². The van der Waals surface area contributed by atoms with E-state index in [9.17, 15) is 4.79 Å². The van der Waals surface area contributed by atoms with E-state index in [1.54, 1.807) is 0 Å². The maximum absolute atomic E-state index is 12.1. The lowest BCUT2D eigenvalue weighted by Crippen LogP contribution is -2.41. The summed E-state index contributed by atoms with van der Waals surface area (Å²) in [5.74, 6) is 0.294. The van der Waals surface area contributed by atoms with Crippen molar-refractivity contribution >= 4 is 5.91 Å². The summed E-state index contributed by atoms with van der Waals surface area (Å²) in [6, 6.07) is 0.308. The zero-order chi connectivity index (χ0) is 12.3. The van der Waals surface area contributed by atoms with Gasteiger partial charge in [-0.3, -0.25) is 4.79 Å². The summed E-state index contributed by atoms with van der Waals surface area (Å²) in [6.45, 7) is 8.63. The number of carbonyl (C=O) groups is 1. The SMILES string of the molecule is CC(C)N(C)C(=O)CC1(C)CCN(C)CC1. The Morgan fingerprint density at radius 1 is 1.38 bits per heavy atom. The maximum atomic E-state index is 12.1. The predicted molar refractivity (Wildman–Crippen MR) is 67.4 cm³/mol. The molecule has 0 aromatic heterocycles. The first-order valence-electron chi connectivity index (χ1n) is 6.28. The standard InChI is InChI=1S/C13H26N2O/c1-11(2)15(5)12(16)10-13(3)6-8-14(4)9-7-13/h11H,6-10H2,1-5H3. The molecule has 16 heavy (non-hydrogen) atoms. The molecule has 0 N–H and O–H groups in total. The van der Waals surface area contributed by atoms with E-state index >= 15 is 0 Å². The van der Waals surface area contributed by atoms with Crippen molar-refractivity contribution in [1.82, 2.24) is 9.80 Å². The van der Waals surface area contributed by atoms with Crippen molar-refractivity contribution in [3.05, 3.63) is 0 Å². The molecule has 0 bridgehead atoms. The molecule has 1 saturated heterocycles. The molecule has 0 radical (unpaired) electrons. The molecule has 0 aromatic carbocycles. The minimum absolute atomic E-state index is 0.215. The van der Waals surface area contributed by atoms with Gasteiger partial charge in [0.15, 0.2) is 0 Å². The van der Waals surface area contributed by atoms with Gasteiger partial charge in [-0.15, -0.1) is 0 Å². The Labute approximate surface area is 99.8 Å². The van der Waals surface area contributed by atoms with E-state index in [-0.39, 0.29) is 5.41 Å². The fraction of sp³-hybridized carbons (Fsp3) is 0.923. The van der Waals surface area contributed by atoms with Crippen LogP contribution in [0.2, 0.25) is 0 Å². The van der Waals surface area contributed by atoms with Gasteiger partial charge in [0.25, 0.3) is 0 Å². The largest absolute Gasteiger partial charge is 0.343 e. The second kappa shape index (κ2) is 5.17. The van der Waals surface area contributed by atoms with Gasteiger partial charge in [0.05, 0.1) is 0 Å². The van der Waals surface area contributed by atoms with Gasteiger partial charge in [-0.25, -0.2) is 0 Å². The molecule has 1 rings (SSSR count). The highest BCUT2D eigenvalue weighted by molar-refractivity contribution is 5.76. The minimum Gasteiger partial charge on any atom is -0.343 e. The second-order valence-electron chi connectivity index (χ2n) is 5.89. The highest BCUT2D eigenvalue weighted by atomic mass is 16.2. The van der Waals surface area contributed by atoms with Crippen molar-refractivity contribution in [3.63, 3.8) is 0 Å². The lowest BCUT2D eigenvalue weighted by Gasteiger charge is -2.38. The first kappa shape index (κ1) is 13.5. The molecule has 3 heteroatoms. The van der Waals surface area contributed by atoms with Gasteiger partial charge in [0.2, 0.25) is 5.91 Å². The van der Waals surface area contributed by atoms with Crippen LogP contribution in [-0.2, 0) is 4.79 Å². The third-order valence-corrected chi connectivity index (χ3v) is 3.94. The molecule has 1 aliphatic rings. The number of piperidine rings is 1. The van der Waals surface area contributed by atoms with Crippen molar-refractivity contribution in [1.29, 1.82) is 0 Å². The Bertz CT molecular complexity index is 242. The van der Waals surface area contributed by atoms with Crippen LogP contribution in [0, 0.1) is 5.41 Å². The van der Waals surface area contributed by atoms with Crippen LogP contribution in [0.25, 0.3) is 0 Å². The Morgan fingerprint density at radius 2 is 1.88 bits per heavy atom. The molecule has 1 aliphatic heterocycles. The number of carbonyl (C=O) groups excluding carboxylic acids is 1. The van der Waals surface area contributed by atoms with Crippen LogP contribution in [0.15, 0.2) is 0 Å². The molecule has 3 nitrogen and oxygen atoms in total. The molecule has 0 unspecified atom stereocenters. The summed E-state index contributed by atoms with van der Waals surface area (Å²) in [5, 5.41) is 0. The average molecular weight is 226 g/mol. The molecule has 0 aromatic rings. The lowest BCUT2D eigenvalue weighted by molar-refractivity contribution is -0.134. The fourth-order valence-corrected chi connectivity index (χ4v) is 2.11. The first-order chi connectivity index (χ1) is 7.34. The van der Waals surface area contributed by atoms with Crippen molar-refractivity contribution in [2.45, 2.75) is 46.1 Å². The summed E-state index contributed by atoms with van der Waals surface area (Å²) in [7, 11) is 4.06. The van der Waals surface area contributed by atoms with Crippen molar-refractivity contribution in [3.8, 4) is 0 Å². The Balaban J connectivity index is 2.50. The van der Waals surface area contributed by atoms with E-state index in [0.29, 0.717) is 18.4 Å². The number of hydrogen-bond acceptors (Lipinski definition) is 2. The third-order valence-electron chi connectivity index (χ3n) is 3.94. The van der Waals surface area contributed by atoms with Gasteiger partial charge in [-0.2, -0.15) is 0 Å². The Hall–Kier alpha value is -0.570. The predicted octanol–water partition coefficient (Wildman–Crippen LogP) is 1.98. The van der Waals surface area contributed by atoms with E-state index in [4.69, 9.17) is 0 Å². The smallest absolute Gasteiger partial charge is 0.223 e. The summed E-state index contributed by atoms with van der Waals surface area (Å²) in [5.41, 5.74) is 0.215. The number of likely N-dealkylation sites (tertiary alicyclic amines) is 1. The number of nitrogens with zero attached hydrogens (tertiary/aromatic N) is 2. The summed E-state index contributed by atoms with van der Waals surface area (Å²) in [6.07, 6.45) is 2.98. The average Bonchev–Trinajstić information content (AvgIpc) is 2.21. The van der Waals surface area contributed by atoms with Gasteiger partial charge in [-0.05, 0) is 52.2 Å². The van der Waals surface area contributed by atoms with E-state index in [0.717, 1.165) is 25.9 Å². The monoisotopic (exact) mass is 226 g/mol. The van der Waals surface area contributed by atoms with Crippen LogP contribution < -0.4 is 0 Å². The second-order valence-corrected chi connectivity index (χ2v) is 5.89. The maximum Gasteiger partial charge on any atom is 0.223 e. The summed E-state index contributed by atoms with van der Waals surface area (Å²) >= 11 is 0. The van der Waals surface area contributed by atoms with Crippen LogP contribution in [-0.4, -0.2) is 48.9 Å². The van der Waals surface area contributed by atoms with E-state index < -0.39 is 0 Å². The summed E-state index contributed by atoms with van der Waals surface area (Å²) in [4.78, 5) is 16.3. The number of rotatable bonds is 3. The molecule has 0 spiro atoms. The fourth-order valence-electron chi connectivity index (χ4n) is 2.11. The lowest BCUT2D eigenvalue weighted by atomic mass is 9.77. The molecular weight excluding hydrogens is 200 g/mol. The van der Waals surface area contributed by atoms with Gasteiger partial charge in [0.1, 0.15) is 0 Å². The minimum atomic E-state index is 0.215. The van der Waals surface area contributed by atoms with Gasteiger partial charge < -0.3 is 9.80 Å². The van der Waals surface area contributed by atoms with Crippen LogP contribution in [0.4, 0.5) is 0 Å². The van der Waals surface area contributed by atoms with E-state index in [1.807, 2.05) is 11.9 Å².